The van der Waals surface area contributed by atoms with Gasteiger partial charge in [0.15, 0.2) is 5.11 Å². The summed E-state index contributed by atoms with van der Waals surface area (Å²) in [6.07, 6.45) is 1.09. The van der Waals surface area contributed by atoms with Crippen LogP contribution in [0.2, 0.25) is 0 Å². The molecule has 90 valence electrons. The molecule has 0 saturated heterocycles. The van der Waals surface area contributed by atoms with Crippen LogP contribution < -0.4 is 10.6 Å². The molecule has 0 atom stereocenters. The molecule has 1 aromatic rings. The summed E-state index contributed by atoms with van der Waals surface area (Å²) in [6, 6.07) is 4.27. The molecule has 0 aliphatic carbocycles. The van der Waals surface area contributed by atoms with Crippen molar-refractivity contribution >= 4 is 28.7 Å². The molecule has 1 aromatic heterocycles. The Balaban J connectivity index is 2.39. The number of rotatable bonds is 5. The third kappa shape index (κ3) is 4.10. The number of hydrogen-bond acceptors (Lipinski definition) is 2. The van der Waals surface area contributed by atoms with Crippen molar-refractivity contribution in [2.45, 2.75) is 32.6 Å². The van der Waals surface area contributed by atoms with Gasteiger partial charge in [0.25, 0.3) is 0 Å². The van der Waals surface area contributed by atoms with Crippen LogP contribution in [0.4, 0.5) is 0 Å². The summed E-state index contributed by atoms with van der Waals surface area (Å²) in [4.78, 5) is 1.39. The highest BCUT2D eigenvalue weighted by molar-refractivity contribution is 7.80. The Morgan fingerprint density at radius 1 is 1.44 bits per heavy atom. The third-order valence-corrected chi connectivity index (χ3v) is 3.94. The molecule has 2 nitrogen and oxygen atoms in total. The fourth-order valence-corrected chi connectivity index (χ4v) is 2.38. The number of thiocarbonyl (C=S) groups is 1. The van der Waals surface area contributed by atoms with E-state index in [4.69, 9.17) is 12.2 Å². The zero-order chi connectivity index (χ0) is 12.0. The van der Waals surface area contributed by atoms with E-state index in [1.54, 1.807) is 11.3 Å². The molecule has 1 heterocycles. The van der Waals surface area contributed by atoms with E-state index in [1.165, 1.54) is 4.88 Å². The van der Waals surface area contributed by atoms with Crippen LogP contribution in [-0.2, 0) is 5.41 Å². The zero-order valence-electron chi connectivity index (χ0n) is 10.2. The first kappa shape index (κ1) is 13.5. The monoisotopic (exact) mass is 256 g/mol. The summed E-state index contributed by atoms with van der Waals surface area (Å²) >= 11 is 6.99. The van der Waals surface area contributed by atoms with Gasteiger partial charge in [0.1, 0.15) is 0 Å². The maximum atomic E-state index is 5.20. The Labute approximate surface area is 107 Å². The Kier molecular flexibility index (Phi) is 5.22. The van der Waals surface area contributed by atoms with Crippen molar-refractivity contribution in [1.82, 2.24) is 10.6 Å². The van der Waals surface area contributed by atoms with E-state index in [9.17, 15) is 0 Å². The van der Waals surface area contributed by atoms with E-state index in [-0.39, 0.29) is 5.41 Å². The lowest BCUT2D eigenvalue weighted by molar-refractivity contribution is 0.521. The van der Waals surface area contributed by atoms with Gasteiger partial charge in [0.2, 0.25) is 0 Å². The normalized spacial score (nSPS) is 11.2. The molecule has 0 saturated carbocycles. The topological polar surface area (TPSA) is 24.1 Å². The molecule has 0 aliphatic heterocycles. The van der Waals surface area contributed by atoms with Gasteiger partial charge < -0.3 is 10.6 Å². The summed E-state index contributed by atoms with van der Waals surface area (Å²) in [5.74, 6) is 0. The van der Waals surface area contributed by atoms with Crippen LogP contribution in [0.3, 0.4) is 0 Å². The lowest BCUT2D eigenvalue weighted by Crippen LogP contribution is -2.42. The highest BCUT2D eigenvalue weighted by Gasteiger charge is 2.21. The molecular formula is C12H20N2S2. The minimum atomic E-state index is 0.131. The van der Waals surface area contributed by atoms with Crippen molar-refractivity contribution in [3.8, 4) is 0 Å². The molecule has 0 unspecified atom stereocenters. The molecule has 0 amide bonds. The molecule has 4 heteroatoms. The van der Waals surface area contributed by atoms with E-state index in [0.717, 1.165) is 24.6 Å². The summed E-state index contributed by atoms with van der Waals surface area (Å²) in [6.45, 7) is 8.39. The second kappa shape index (κ2) is 6.21. The third-order valence-electron chi connectivity index (χ3n) is 2.41. The molecule has 16 heavy (non-hydrogen) atoms. The van der Waals surface area contributed by atoms with Gasteiger partial charge in [0, 0.05) is 23.4 Å². The van der Waals surface area contributed by atoms with Crippen molar-refractivity contribution < 1.29 is 0 Å². The molecular weight excluding hydrogens is 236 g/mol. The van der Waals surface area contributed by atoms with Crippen LogP contribution in [0.15, 0.2) is 17.5 Å². The van der Waals surface area contributed by atoms with E-state index in [2.05, 4.69) is 48.9 Å². The van der Waals surface area contributed by atoms with Gasteiger partial charge in [-0.05, 0) is 30.1 Å². The molecule has 0 bridgehead atoms. The maximum absolute atomic E-state index is 5.20. The first-order chi connectivity index (χ1) is 7.56. The van der Waals surface area contributed by atoms with Crippen LogP contribution in [0.5, 0.6) is 0 Å². The van der Waals surface area contributed by atoms with Crippen molar-refractivity contribution in [2.75, 3.05) is 13.1 Å². The van der Waals surface area contributed by atoms with Gasteiger partial charge in [-0.1, -0.05) is 26.8 Å². The highest BCUT2D eigenvalue weighted by atomic mass is 32.1. The Hall–Kier alpha value is -0.610. The SMILES string of the molecule is CCCNC(=S)NCC(C)(C)c1cccs1. The standard InChI is InChI=1S/C12H20N2S2/c1-4-7-13-11(15)14-9-12(2,3)10-6-5-8-16-10/h5-6,8H,4,7,9H2,1-3H3,(H2,13,14,15). The fraction of sp³-hybridized carbons (Fsp3) is 0.583. The fourth-order valence-electron chi connectivity index (χ4n) is 1.35. The average Bonchev–Trinajstić information content (AvgIpc) is 2.77. The largest absolute Gasteiger partial charge is 0.363 e. The minimum Gasteiger partial charge on any atom is -0.363 e. The number of thiophene rings is 1. The smallest absolute Gasteiger partial charge is 0.166 e. The Morgan fingerprint density at radius 2 is 2.19 bits per heavy atom. The van der Waals surface area contributed by atoms with E-state index >= 15 is 0 Å². The van der Waals surface area contributed by atoms with Crippen molar-refractivity contribution in [3.05, 3.63) is 22.4 Å². The second-order valence-electron chi connectivity index (χ2n) is 4.47. The number of nitrogens with one attached hydrogen (secondary N) is 2. The molecule has 0 radical (unpaired) electrons. The summed E-state index contributed by atoms with van der Waals surface area (Å²) < 4.78 is 0. The highest BCUT2D eigenvalue weighted by Crippen LogP contribution is 2.26. The van der Waals surface area contributed by atoms with Crippen molar-refractivity contribution in [2.24, 2.45) is 0 Å². The lowest BCUT2D eigenvalue weighted by Gasteiger charge is -2.24. The Bertz CT molecular complexity index is 318. The molecule has 1 rings (SSSR count). The quantitative estimate of drug-likeness (QED) is 0.792. The maximum Gasteiger partial charge on any atom is 0.166 e. The average molecular weight is 256 g/mol. The van der Waals surface area contributed by atoms with Crippen molar-refractivity contribution in [1.29, 1.82) is 0 Å². The molecule has 0 fully saturated rings. The van der Waals surface area contributed by atoms with Crippen LogP contribution in [0.25, 0.3) is 0 Å². The van der Waals surface area contributed by atoms with E-state index in [1.807, 2.05) is 0 Å². The second-order valence-corrected chi connectivity index (χ2v) is 5.83. The molecule has 2 N–H and O–H groups in total. The number of hydrogen-bond donors (Lipinski definition) is 2. The van der Waals surface area contributed by atoms with E-state index < -0.39 is 0 Å². The van der Waals surface area contributed by atoms with Crippen molar-refractivity contribution in [3.63, 3.8) is 0 Å². The van der Waals surface area contributed by atoms with E-state index in [0.29, 0.717) is 0 Å². The van der Waals surface area contributed by atoms with Crippen LogP contribution in [0.1, 0.15) is 32.1 Å². The predicted octanol–water partition coefficient (Wildman–Crippen LogP) is 2.90. The summed E-state index contributed by atoms with van der Waals surface area (Å²) in [5, 5.41) is 9.32. The van der Waals surface area contributed by atoms with Gasteiger partial charge in [0.05, 0.1) is 0 Å². The lowest BCUT2D eigenvalue weighted by atomic mass is 9.91. The summed E-state index contributed by atoms with van der Waals surface area (Å²) in [7, 11) is 0. The summed E-state index contributed by atoms with van der Waals surface area (Å²) in [5.41, 5.74) is 0.131. The first-order valence-electron chi connectivity index (χ1n) is 5.62. The van der Waals surface area contributed by atoms with Gasteiger partial charge in [-0.25, -0.2) is 0 Å². The van der Waals surface area contributed by atoms with Gasteiger partial charge in [-0.3, -0.25) is 0 Å². The predicted molar refractivity (Wildman–Crippen MR) is 76.2 cm³/mol. The van der Waals surface area contributed by atoms with Gasteiger partial charge in [-0.2, -0.15) is 0 Å². The van der Waals surface area contributed by atoms with Gasteiger partial charge >= 0.3 is 0 Å². The first-order valence-corrected chi connectivity index (χ1v) is 6.90. The minimum absolute atomic E-state index is 0.131. The van der Waals surface area contributed by atoms with Crippen LogP contribution in [-0.4, -0.2) is 18.2 Å². The van der Waals surface area contributed by atoms with Gasteiger partial charge in [-0.15, -0.1) is 11.3 Å². The van der Waals surface area contributed by atoms with Crippen LogP contribution >= 0.6 is 23.6 Å². The molecule has 0 spiro atoms. The zero-order valence-corrected chi connectivity index (χ0v) is 11.8. The Morgan fingerprint density at radius 3 is 2.75 bits per heavy atom. The molecule has 0 aromatic carbocycles. The molecule has 0 aliphatic rings. The van der Waals surface area contributed by atoms with Crippen LogP contribution in [0, 0.1) is 0 Å².